The van der Waals surface area contributed by atoms with Gasteiger partial charge in [-0.15, -0.1) is 10.2 Å². The summed E-state index contributed by atoms with van der Waals surface area (Å²) in [6.45, 7) is 5.60. The minimum absolute atomic E-state index is 0.0153. The Kier molecular flexibility index (Phi) is 11.0. The van der Waals surface area contributed by atoms with Crippen LogP contribution in [0.15, 0.2) is 72.8 Å². The summed E-state index contributed by atoms with van der Waals surface area (Å²) in [5.74, 6) is 0.821. The Labute approximate surface area is 366 Å². The highest BCUT2D eigenvalue weighted by Gasteiger charge is 2.41. The molecule has 0 saturated carbocycles. The molecule has 16 heteroatoms. The number of aromatic hydroxyl groups is 1. The van der Waals surface area contributed by atoms with Crippen LogP contribution < -0.4 is 35.4 Å². The average molecular weight is 858 g/mol. The number of likely N-dealkylation sites (tertiary alicyclic amines) is 1. The number of piperazine rings is 1. The lowest BCUT2D eigenvalue weighted by Crippen LogP contribution is -2.65. The van der Waals surface area contributed by atoms with Crippen LogP contribution in [0.5, 0.6) is 11.5 Å². The first-order chi connectivity index (χ1) is 30.6. The summed E-state index contributed by atoms with van der Waals surface area (Å²) in [6, 6.07) is 23.2. The second kappa shape index (κ2) is 16.9. The van der Waals surface area contributed by atoms with Gasteiger partial charge in [0.15, 0.2) is 5.82 Å². The molecular weight excluding hydrogens is 803 g/mol. The number of carbonyl (C=O) groups excluding carboxylic acids is 3. The van der Waals surface area contributed by atoms with Crippen molar-refractivity contribution in [2.24, 2.45) is 0 Å². The lowest BCUT2D eigenvalue weighted by atomic mass is 9.87. The number of phenolic OH excluding ortho intramolecular Hbond substituents is 1. The number of fused-ring (bicyclic) bond motifs is 3. The summed E-state index contributed by atoms with van der Waals surface area (Å²) >= 11 is 0. The molecule has 3 aromatic carbocycles. The molecule has 0 aliphatic carbocycles. The Balaban J connectivity index is 0.718. The smallest absolute Gasteiger partial charge is 0.249 e. The molecule has 16 nitrogen and oxygen atoms in total. The fraction of sp³-hybridized carbons (Fsp3) is 0.468. The average Bonchev–Trinajstić information content (AvgIpc) is 3.71. The first-order valence-corrected chi connectivity index (χ1v) is 22.4. The molecule has 1 unspecified atom stereocenters. The zero-order chi connectivity index (χ0) is 43.2. The van der Waals surface area contributed by atoms with Crippen molar-refractivity contribution in [1.29, 1.82) is 0 Å². The number of piperidine rings is 3. The van der Waals surface area contributed by atoms with Crippen LogP contribution in [0.1, 0.15) is 50.5 Å². The fourth-order valence-corrected chi connectivity index (χ4v) is 10.7. The largest absolute Gasteiger partial charge is 0.507 e. The monoisotopic (exact) mass is 857 g/mol. The molecule has 7 heterocycles. The molecule has 1 aromatic heterocycles. The Bertz CT molecular complexity index is 2370. The number of benzene rings is 3. The van der Waals surface area contributed by atoms with E-state index in [0.717, 1.165) is 41.5 Å². The quantitative estimate of drug-likeness (QED) is 0.179. The molecule has 330 valence electrons. The van der Waals surface area contributed by atoms with Crippen molar-refractivity contribution in [3.05, 3.63) is 78.4 Å². The molecule has 6 aliphatic heterocycles. The maximum Gasteiger partial charge on any atom is 0.249 e. The number of rotatable bonds is 9. The van der Waals surface area contributed by atoms with E-state index < -0.39 is 5.60 Å². The zero-order valence-corrected chi connectivity index (χ0v) is 35.4. The number of nitrogens with two attached hydrogens (primary N) is 1. The van der Waals surface area contributed by atoms with E-state index in [2.05, 4.69) is 59.4 Å². The highest BCUT2D eigenvalue weighted by atomic mass is 16.5. The number of nitrogens with zero attached hydrogens (tertiary/aromatic N) is 7. The third-order valence-corrected chi connectivity index (χ3v) is 13.9. The van der Waals surface area contributed by atoms with Crippen LogP contribution in [0.3, 0.4) is 0 Å². The van der Waals surface area contributed by atoms with Gasteiger partial charge in [-0.1, -0.05) is 24.3 Å². The summed E-state index contributed by atoms with van der Waals surface area (Å²) in [5.41, 5.74) is 11.7. The SMILES string of the molecule is Nc1nnc(-c2ccccc2O)cc1N1C[C@H]2COC[C@@H](C1)N2c1cccc(OC2CCN(C(=O)CC3(O)CCN(c4cccc5c4CCN5C4CCC(=O)NC4=O)CC3)CC2)c1. The van der Waals surface area contributed by atoms with Gasteiger partial charge in [0.05, 0.1) is 48.7 Å². The van der Waals surface area contributed by atoms with E-state index in [0.29, 0.717) is 108 Å². The number of nitrogen functional groups attached to an aromatic ring is 1. The van der Waals surface area contributed by atoms with E-state index in [1.165, 1.54) is 5.56 Å². The molecule has 10 rings (SSSR count). The maximum absolute atomic E-state index is 13.6. The van der Waals surface area contributed by atoms with Gasteiger partial charge in [0.25, 0.3) is 0 Å². The maximum atomic E-state index is 13.6. The number of hydrogen-bond acceptors (Lipinski definition) is 14. The van der Waals surface area contributed by atoms with Gasteiger partial charge in [-0.05, 0) is 68.1 Å². The van der Waals surface area contributed by atoms with E-state index in [4.69, 9.17) is 15.2 Å². The van der Waals surface area contributed by atoms with Crippen molar-refractivity contribution in [2.45, 2.75) is 81.2 Å². The van der Waals surface area contributed by atoms with Crippen molar-refractivity contribution in [2.75, 3.05) is 84.4 Å². The molecular formula is C47H55N9O7. The third-order valence-electron chi connectivity index (χ3n) is 13.9. The van der Waals surface area contributed by atoms with Crippen LogP contribution in [-0.4, -0.2) is 132 Å². The number of imide groups is 1. The van der Waals surface area contributed by atoms with E-state index in [1.807, 2.05) is 41.3 Å². The van der Waals surface area contributed by atoms with Gasteiger partial charge in [-0.25, -0.2) is 0 Å². The number of hydrogen-bond donors (Lipinski definition) is 4. The molecule has 5 N–H and O–H groups in total. The number of carbonyl (C=O) groups is 3. The number of nitrogens with one attached hydrogen (secondary N) is 1. The van der Waals surface area contributed by atoms with Gasteiger partial charge < -0.3 is 49.9 Å². The number of amides is 3. The van der Waals surface area contributed by atoms with E-state index >= 15 is 0 Å². The highest BCUT2D eigenvalue weighted by molar-refractivity contribution is 6.02. The molecule has 5 fully saturated rings. The Morgan fingerprint density at radius 2 is 1.59 bits per heavy atom. The first-order valence-electron chi connectivity index (χ1n) is 22.4. The predicted molar refractivity (Wildman–Crippen MR) is 238 cm³/mol. The fourth-order valence-electron chi connectivity index (χ4n) is 10.7. The Hall–Kier alpha value is -6.13. The molecule has 2 bridgehead atoms. The molecule has 3 amide bonds. The standard InChI is InChI=1S/C47H55N9O7/c48-45-41(24-37(50-51-45)35-7-1-2-10-42(35)57)54-26-31-28-62-29-32(27-54)56(31)30-5-3-6-34(23-30)63-33-13-18-53(19-14-33)44(59)25-47(61)16-21-52(22-17-47)38-8-4-9-39-36(38)15-20-55(39)40-11-12-43(58)49-46(40)60/h1-10,23-24,31-33,40,57,61H,11-22,25-29H2,(H2,48,51)(H,49,58,60)/t31-,32+,40?. The zero-order valence-electron chi connectivity index (χ0n) is 35.4. The minimum atomic E-state index is -1.07. The third kappa shape index (κ3) is 8.17. The lowest BCUT2D eigenvalue weighted by Gasteiger charge is -2.51. The van der Waals surface area contributed by atoms with Crippen LogP contribution in [0.2, 0.25) is 0 Å². The number of anilines is 5. The van der Waals surface area contributed by atoms with Crippen molar-refractivity contribution in [1.82, 2.24) is 20.4 Å². The topological polar surface area (TPSA) is 190 Å². The van der Waals surface area contributed by atoms with Crippen molar-refractivity contribution >= 4 is 46.3 Å². The first kappa shape index (κ1) is 40.9. The number of aromatic nitrogens is 2. The van der Waals surface area contributed by atoms with Crippen molar-refractivity contribution in [3.63, 3.8) is 0 Å². The molecule has 0 radical (unpaired) electrons. The van der Waals surface area contributed by atoms with Crippen LogP contribution in [0.25, 0.3) is 11.3 Å². The summed E-state index contributed by atoms with van der Waals surface area (Å²) in [4.78, 5) is 49.0. The van der Waals surface area contributed by atoms with E-state index in [9.17, 15) is 24.6 Å². The molecule has 4 aromatic rings. The van der Waals surface area contributed by atoms with Gasteiger partial charge in [0, 0.05) is 99.3 Å². The van der Waals surface area contributed by atoms with E-state index in [-0.39, 0.29) is 54.1 Å². The summed E-state index contributed by atoms with van der Waals surface area (Å²) < 4.78 is 12.6. The van der Waals surface area contributed by atoms with Gasteiger partial charge >= 0.3 is 0 Å². The molecule has 3 atom stereocenters. The number of ether oxygens (including phenoxy) is 2. The van der Waals surface area contributed by atoms with Gasteiger partial charge in [-0.2, -0.15) is 0 Å². The van der Waals surface area contributed by atoms with Crippen LogP contribution in [-0.2, 0) is 25.5 Å². The molecule has 5 saturated heterocycles. The summed E-state index contributed by atoms with van der Waals surface area (Å²) in [6.07, 6.45) is 4.15. The second-order valence-electron chi connectivity index (χ2n) is 17.9. The summed E-state index contributed by atoms with van der Waals surface area (Å²) in [5, 5.41) is 33.1. The summed E-state index contributed by atoms with van der Waals surface area (Å²) in [7, 11) is 0. The predicted octanol–water partition coefficient (Wildman–Crippen LogP) is 3.48. The van der Waals surface area contributed by atoms with E-state index in [1.54, 1.807) is 12.1 Å². The van der Waals surface area contributed by atoms with Crippen LogP contribution >= 0.6 is 0 Å². The number of phenols is 1. The van der Waals surface area contributed by atoms with Gasteiger partial charge in [0.2, 0.25) is 17.7 Å². The van der Waals surface area contributed by atoms with Crippen LogP contribution in [0, 0.1) is 0 Å². The van der Waals surface area contributed by atoms with Crippen molar-refractivity contribution < 1.29 is 34.1 Å². The Morgan fingerprint density at radius 3 is 2.35 bits per heavy atom. The Morgan fingerprint density at radius 1 is 0.841 bits per heavy atom. The van der Waals surface area contributed by atoms with Crippen molar-refractivity contribution in [3.8, 4) is 22.8 Å². The second-order valence-corrected chi connectivity index (χ2v) is 17.9. The molecule has 6 aliphatic rings. The van der Waals surface area contributed by atoms with Gasteiger partial charge in [0.1, 0.15) is 23.6 Å². The molecule has 0 spiro atoms. The lowest BCUT2D eigenvalue weighted by molar-refractivity contribution is -0.139. The highest BCUT2D eigenvalue weighted by Crippen LogP contribution is 2.41. The molecule has 63 heavy (non-hydrogen) atoms. The van der Waals surface area contributed by atoms with Crippen LogP contribution in [0.4, 0.5) is 28.6 Å². The number of para-hydroxylation sites is 1. The van der Waals surface area contributed by atoms with Gasteiger partial charge in [-0.3, -0.25) is 19.7 Å². The minimum Gasteiger partial charge on any atom is -0.507 e. The number of morpholine rings is 1. The number of aliphatic hydroxyl groups is 1. The normalized spacial score (nSPS) is 23.7.